The van der Waals surface area contributed by atoms with Crippen LogP contribution in [0.2, 0.25) is 0 Å². The van der Waals surface area contributed by atoms with Crippen LogP contribution < -0.4 is 19.5 Å². The molecule has 0 aliphatic carbocycles. The summed E-state index contributed by atoms with van der Waals surface area (Å²) < 4.78 is 56.8. The molecule has 194 valence electrons. The van der Waals surface area contributed by atoms with Gasteiger partial charge in [-0.3, -0.25) is 9.48 Å². The van der Waals surface area contributed by atoms with Gasteiger partial charge in [0.15, 0.2) is 17.2 Å². The Morgan fingerprint density at radius 1 is 1.00 bits per heavy atom. The Bertz CT molecular complexity index is 1160. The molecule has 1 amide bonds. The van der Waals surface area contributed by atoms with Gasteiger partial charge in [-0.25, -0.2) is 0 Å². The molecule has 3 aromatic rings. The van der Waals surface area contributed by atoms with E-state index in [2.05, 4.69) is 10.4 Å². The minimum Gasteiger partial charge on any atom is -0.490 e. The number of hydrogen-bond acceptors (Lipinski definition) is 5. The average Bonchev–Trinajstić information content (AvgIpc) is 3.21. The molecule has 0 fully saturated rings. The lowest BCUT2D eigenvalue weighted by Gasteiger charge is -2.14. The first-order chi connectivity index (χ1) is 17.1. The third-order valence-corrected chi connectivity index (χ3v) is 5.30. The highest BCUT2D eigenvalue weighted by Crippen LogP contribution is 2.30. The fourth-order valence-electron chi connectivity index (χ4n) is 3.43. The normalized spacial score (nSPS) is 12.2. The van der Waals surface area contributed by atoms with Gasteiger partial charge in [0, 0.05) is 11.4 Å². The second kappa shape index (κ2) is 11.8. The number of alkyl halides is 3. The minimum atomic E-state index is -4.52. The number of hydrogen-bond donors (Lipinski definition) is 1. The lowest BCUT2D eigenvalue weighted by Crippen LogP contribution is -2.25. The second-order valence-corrected chi connectivity index (χ2v) is 8.20. The zero-order valence-corrected chi connectivity index (χ0v) is 20.7. The van der Waals surface area contributed by atoms with Crippen LogP contribution in [0.15, 0.2) is 48.5 Å². The summed E-state index contributed by atoms with van der Waals surface area (Å²) in [5.74, 6) is 1.03. The highest BCUT2D eigenvalue weighted by atomic mass is 19.4. The summed E-state index contributed by atoms with van der Waals surface area (Å²) in [4.78, 5) is 12.6. The highest BCUT2D eigenvalue weighted by molar-refractivity contribution is 5.92. The van der Waals surface area contributed by atoms with Crippen molar-refractivity contribution in [1.29, 1.82) is 0 Å². The third-order valence-electron chi connectivity index (χ3n) is 5.30. The zero-order valence-electron chi connectivity index (χ0n) is 20.7. The topological polar surface area (TPSA) is 74.6 Å². The third kappa shape index (κ3) is 7.16. The molecule has 1 aromatic heterocycles. The van der Waals surface area contributed by atoms with E-state index >= 15 is 0 Å². The summed E-state index contributed by atoms with van der Waals surface area (Å²) in [5, 5.41) is 6.35. The number of benzene rings is 2. The number of carbonyl (C=O) groups excluding carboxylic acids is 1. The van der Waals surface area contributed by atoms with Crippen molar-refractivity contribution in [2.24, 2.45) is 5.92 Å². The Labute approximate surface area is 208 Å². The van der Waals surface area contributed by atoms with E-state index in [1.54, 1.807) is 31.2 Å². The molecule has 7 nitrogen and oxygen atoms in total. The Morgan fingerprint density at radius 2 is 1.67 bits per heavy atom. The van der Waals surface area contributed by atoms with E-state index in [9.17, 15) is 18.0 Å². The number of carbonyl (C=O) groups is 1. The largest absolute Gasteiger partial charge is 0.490 e. The summed E-state index contributed by atoms with van der Waals surface area (Å²) >= 11 is 0. The van der Waals surface area contributed by atoms with E-state index in [-0.39, 0.29) is 12.5 Å². The van der Waals surface area contributed by atoms with E-state index < -0.39 is 17.8 Å². The molecule has 0 spiro atoms. The summed E-state index contributed by atoms with van der Waals surface area (Å²) in [5.41, 5.74) is 0.828. The van der Waals surface area contributed by atoms with Gasteiger partial charge >= 0.3 is 6.18 Å². The minimum absolute atomic E-state index is 0.0285. The molecule has 2 aromatic carbocycles. The van der Waals surface area contributed by atoms with E-state index in [1.807, 2.05) is 32.0 Å². The van der Waals surface area contributed by atoms with Crippen molar-refractivity contribution in [3.8, 4) is 17.2 Å². The van der Waals surface area contributed by atoms with Crippen LogP contribution in [0.1, 0.15) is 37.7 Å². The molecule has 0 aliphatic rings. The van der Waals surface area contributed by atoms with Crippen molar-refractivity contribution in [3.05, 3.63) is 65.5 Å². The first-order valence-electron chi connectivity index (χ1n) is 11.6. The van der Waals surface area contributed by atoms with Gasteiger partial charge in [-0.2, -0.15) is 18.3 Å². The standard InChI is InChI=1S/C26H30F3N3O4/c1-5-34-22-12-7-19(14-23(22)35-6-2)16-36-21-10-8-20(9-11-21)30-25(33)17(3)15-32-18(4)13-24(31-32)26(27,28)29/h7-14,17H,5-6,15-16H2,1-4H3,(H,30,33). The molecule has 36 heavy (non-hydrogen) atoms. The van der Waals surface area contributed by atoms with Crippen LogP contribution >= 0.6 is 0 Å². The zero-order chi connectivity index (χ0) is 26.3. The maximum absolute atomic E-state index is 12.9. The fourth-order valence-corrected chi connectivity index (χ4v) is 3.43. The fraction of sp³-hybridized carbons (Fsp3) is 0.385. The molecular formula is C26H30F3N3O4. The maximum atomic E-state index is 12.9. The van der Waals surface area contributed by atoms with E-state index in [0.29, 0.717) is 48.5 Å². The number of halogens is 3. The number of ether oxygens (including phenoxy) is 3. The lowest BCUT2D eigenvalue weighted by molar-refractivity contribution is -0.141. The van der Waals surface area contributed by atoms with Crippen LogP contribution in [-0.2, 0) is 24.1 Å². The van der Waals surface area contributed by atoms with Crippen molar-refractivity contribution in [2.45, 2.75) is 47.0 Å². The molecule has 0 aliphatic heterocycles. The first-order valence-corrected chi connectivity index (χ1v) is 11.6. The van der Waals surface area contributed by atoms with Gasteiger partial charge in [0.2, 0.25) is 5.91 Å². The van der Waals surface area contributed by atoms with Crippen molar-refractivity contribution < 1.29 is 32.2 Å². The van der Waals surface area contributed by atoms with Crippen LogP contribution in [0.5, 0.6) is 17.2 Å². The Hall–Kier alpha value is -3.69. The van der Waals surface area contributed by atoms with Crippen LogP contribution in [0.3, 0.4) is 0 Å². The molecule has 0 radical (unpaired) electrons. The van der Waals surface area contributed by atoms with Crippen LogP contribution in [0, 0.1) is 12.8 Å². The van der Waals surface area contributed by atoms with E-state index in [1.165, 1.54) is 11.6 Å². The predicted molar refractivity (Wildman–Crippen MR) is 129 cm³/mol. The van der Waals surface area contributed by atoms with Gasteiger partial charge in [-0.1, -0.05) is 13.0 Å². The molecule has 1 N–H and O–H groups in total. The summed E-state index contributed by atoms with van der Waals surface area (Å²) in [6.07, 6.45) is -4.52. The first kappa shape index (κ1) is 26.9. The Balaban J connectivity index is 1.55. The monoisotopic (exact) mass is 505 g/mol. The SMILES string of the molecule is CCOc1ccc(COc2ccc(NC(=O)C(C)Cn3nc(C(F)(F)F)cc3C)cc2)cc1OCC. The van der Waals surface area contributed by atoms with Gasteiger partial charge < -0.3 is 19.5 Å². The van der Waals surface area contributed by atoms with Gasteiger partial charge in [-0.15, -0.1) is 0 Å². The van der Waals surface area contributed by atoms with Crippen LogP contribution in [0.4, 0.5) is 18.9 Å². The Morgan fingerprint density at radius 3 is 2.28 bits per heavy atom. The molecule has 0 saturated heterocycles. The molecule has 0 saturated carbocycles. The molecule has 1 atom stereocenters. The lowest BCUT2D eigenvalue weighted by atomic mass is 10.1. The van der Waals surface area contributed by atoms with Gasteiger partial charge in [0.25, 0.3) is 0 Å². The number of rotatable bonds is 11. The predicted octanol–water partition coefficient (Wildman–Crippen LogP) is 5.86. The number of anilines is 1. The van der Waals surface area contributed by atoms with Gasteiger partial charge in [0.1, 0.15) is 12.4 Å². The molecule has 10 heteroatoms. The molecule has 0 bridgehead atoms. The molecule has 1 unspecified atom stereocenters. The number of nitrogens with zero attached hydrogens (tertiary/aromatic N) is 2. The number of aryl methyl sites for hydroxylation is 1. The van der Waals surface area contributed by atoms with Crippen LogP contribution in [0.25, 0.3) is 0 Å². The van der Waals surface area contributed by atoms with Gasteiger partial charge in [-0.05, 0) is 68.8 Å². The molecule has 3 rings (SSSR count). The van der Waals surface area contributed by atoms with Crippen molar-refractivity contribution in [2.75, 3.05) is 18.5 Å². The Kier molecular flexibility index (Phi) is 8.84. The smallest absolute Gasteiger partial charge is 0.435 e. The maximum Gasteiger partial charge on any atom is 0.435 e. The van der Waals surface area contributed by atoms with Crippen LogP contribution in [-0.4, -0.2) is 28.9 Å². The van der Waals surface area contributed by atoms with E-state index in [4.69, 9.17) is 14.2 Å². The summed E-state index contributed by atoms with van der Waals surface area (Å²) in [7, 11) is 0. The molecule has 1 heterocycles. The average molecular weight is 506 g/mol. The van der Waals surface area contributed by atoms with Crippen molar-refractivity contribution in [3.63, 3.8) is 0 Å². The second-order valence-electron chi connectivity index (χ2n) is 8.20. The quantitative estimate of drug-likeness (QED) is 0.353. The van der Waals surface area contributed by atoms with Crippen molar-refractivity contribution in [1.82, 2.24) is 9.78 Å². The van der Waals surface area contributed by atoms with E-state index in [0.717, 1.165) is 11.6 Å². The number of nitrogens with one attached hydrogen (secondary N) is 1. The number of amides is 1. The molecular weight excluding hydrogens is 475 g/mol. The number of aromatic nitrogens is 2. The van der Waals surface area contributed by atoms with Gasteiger partial charge in [0.05, 0.1) is 25.7 Å². The van der Waals surface area contributed by atoms with Crippen molar-refractivity contribution >= 4 is 11.6 Å². The highest BCUT2D eigenvalue weighted by Gasteiger charge is 2.34. The summed E-state index contributed by atoms with van der Waals surface area (Å²) in [6, 6.07) is 13.5. The summed E-state index contributed by atoms with van der Waals surface area (Å²) in [6.45, 7) is 8.38.